The summed E-state index contributed by atoms with van der Waals surface area (Å²) in [6.07, 6.45) is 0. The van der Waals surface area contributed by atoms with Crippen molar-refractivity contribution in [1.82, 2.24) is 20.2 Å². The smallest absolute Gasteiger partial charge is 0.237 e. The van der Waals surface area contributed by atoms with Crippen LogP contribution in [0.2, 0.25) is 0 Å². The van der Waals surface area contributed by atoms with E-state index in [4.69, 9.17) is 0 Å². The molecule has 0 spiro atoms. The fraction of sp³-hybridized carbons (Fsp3) is 0.176. The number of anilines is 1. The zero-order valence-electron chi connectivity index (χ0n) is 14.0. The van der Waals surface area contributed by atoms with Crippen molar-refractivity contribution in [3.8, 4) is 5.69 Å². The van der Waals surface area contributed by atoms with Crippen LogP contribution in [0.15, 0.2) is 47.6 Å². The van der Waals surface area contributed by atoms with Crippen molar-refractivity contribution < 1.29 is 13.6 Å². The van der Waals surface area contributed by atoms with Crippen molar-refractivity contribution in [2.45, 2.75) is 24.3 Å². The Morgan fingerprint density at radius 3 is 2.58 bits per heavy atom. The molecule has 3 rings (SSSR count). The first kappa shape index (κ1) is 18.0. The van der Waals surface area contributed by atoms with Gasteiger partial charge in [-0.3, -0.25) is 4.79 Å². The van der Waals surface area contributed by atoms with Crippen LogP contribution in [0.25, 0.3) is 5.69 Å². The van der Waals surface area contributed by atoms with Gasteiger partial charge in [-0.1, -0.05) is 29.5 Å². The number of tetrazole rings is 1. The van der Waals surface area contributed by atoms with Crippen LogP contribution in [-0.2, 0) is 4.79 Å². The Balaban J connectivity index is 1.71. The molecule has 1 amide bonds. The summed E-state index contributed by atoms with van der Waals surface area (Å²) in [6.45, 7) is 3.65. The van der Waals surface area contributed by atoms with Gasteiger partial charge >= 0.3 is 0 Å². The minimum Gasteiger partial charge on any atom is -0.325 e. The molecular formula is C17H15F2N5OS. The van der Waals surface area contributed by atoms with Gasteiger partial charge in [0.25, 0.3) is 0 Å². The summed E-state index contributed by atoms with van der Waals surface area (Å²) in [5.74, 6) is -2.37. The first-order valence-electron chi connectivity index (χ1n) is 7.72. The van der Waals surface area contributed by atoms with Gasteiger partial charge in [0, 0.05) is 11.8 Å². The van der Waals surface area contributed by atoms with Crippen LogP contribution in [-0.4, -0.2) is 31.4 Å². The third-order valence-electron chi connectivity index (χ3n) is 3.56. The maximum atomic E-state index is 13.2. The number of rotatable bonds is 5. The van der Waals surface area contributed by atoms with Crippen LogP contribution in [0.4, 0.5) is 14.5 Å². The minimum absolute atomic E-state index is 0.180. The van der Waals surface area contributed by atoms with Crippen LogP contribution in [0.1, 0.15) is 12.5 Å². The van der Waals surface area contributed by atoms with Crippen LogP contribution in [0.5, 0.6) is 0 Å². The summed E-state index contributed by atoms with van der Waals surface area (Å²) in [4.78, 5) is 12.3. The molecule has 0 saturated heterocycles. The number of amides is 1. The summed E-state index contributed by atoms with van der Waals surface area (Å²) in [7, 11) is 0. The predicted octanol–water partition coefficient (Wildman–Crippen LogP) is 3.37. The molecule has 0 aliphatic heterocycles. The van der Waals surface area contributed by atoms with E-state index < -0.39 is 16.9 Å². The molecule has 134 valence electrons. The van der Waals surface area contributed by atoms with Crippen molar-refractivity contribution in [2.24, 2.45) is 0 Å². The Morgan fingerprint density at radius 2 is 1.88 bits per heavy atom. The highest BCUT2D eigenvalue weighted by Gasteiger charge is 2.19. The molecule has 0 radical (unpaired) electrons. The van der Waals surface area contributed by atoms with Crippen molar-refractivity contribution in [1.29, 1.82) is 0 Å². The fourth-order valence-electron chi connectivity index (χ4n) is 2.13. The van der Waals surface area contributed by atoms with Gasteiger partial charge in [-0.15, -0.1) is 5.10 Å². The van der Waals surface area contributed by atoms with Gasteiger partial charge in [0.1, 0.15) is 0 Å². The molecule has 0 unspecified atom stereocenters. The van der Waals surface area contributed by atoms with E-state index >= 15 is 0 Å². The number of aryl methyl sites for hydroxylation is 1. The van der Waals surface area contributed by atoms with Gasteiger partial charge in [-0.05, 0) is 48.5 Å². The van der Waals surface area contributed by atoms with Crippen LogP contribution in [0.3, 0.4) is 0 Å². The number of hydrogen-bond donors (Lipinski definition) is 1. The van der Waals surface area contributed by atoms with E-state index in [1.54, 1.807) is 6.92 Å². The number of benzene rings is 2. The predicted molar refractivity (Wildman–Crippen MR) is 94.2 cm³/mol. The number of aromatic nitrogens is 4. The van der Waals surface area contributed by atoms with E-state index in [-0.39, 0.29) is 11.6 Å². The lowest BCUT2D eigenvalue weighted by Crippen LogP contribution is -2.23. The SMILES string of the molecule is Cc1ccc(-n2nnnc2S[C@@H](C)C(=O)Nc2ccc(F)c(F)c2)cc1. The van der Waals surface area contributed by atoms with Crippen LogP contribution in [0, 0.1) is 18.6 Å². The topological polar surface area (TPSA) is 72.7 Å². The Labute approximate surface area is 152 Å². The molecule has 1 N–H and O–H groups in total. The van der Waals surface area contributed by atoms with E-state index in [9.17, 15) is 13.6 Å². The molecule has 1 heterocycles. The molecule has 0 bridgehead atoms. The fourth-order valence-corrected chi connectivity index (χ4v) is 2.94. The van der Waals surface area contributed by atoms with Gasteiger partial charge in [0.05, 0.1) is 10.9 Å². The van der Waals surface area contributed by atoms with Crippen molar-refractivity contribution >= 4 is 23.4 Å². The molecule has 1 atom stereocenters. The first-order chi connectivity index (χ1) is 12.4. The third kappa shape index (κ3) is 4.05. The molecule has 6 nitrogen and oxygen atoms in total. The highest BCUT2D eigenvalue weighted by Crippen LogP contribution is 2.24. The van der Waals surface area contributed by atoms with Crippen molar-refractivity contribution in [3.05, 3.63) is 59.7 Å². The number of carbonyl (C=O) groups is 1. The third-order valence-corrected chi connectivity index (χ3v) is 4.59. The first-order valence-corrected chi connectivity index (χ1v) is 8.60. The van der Waals surface area contributed by atoms with Gasteiger partial charge in [0.15, 0.2) is 11.6 Å². The summed E-state index contributed by atoms with van der Waals surface area (Å²) in [5.41, 5.74) is 2.06. The molecule has 26 heavy (non-hydrogen) atoms. The Hall–Kier alpha value is -2.81. The van der Waals surface area contributed by atoms with Crippen LogP contribution < -0.4 is 5.32 Å². The molecule has 1 aromatic heterocycles. The number of carbonyl (C=O) groups excluding carboxylic acids is 1. The van der Waals surface area contributed by atoms with Gasteiger partial charge in [-0.2, -0.15) is 4.68 Å². The lowest BCUT2D eigenvalue weighted by molar-refractivity contribution is -0.115. The van der Waals surface area contributed by atoms with E-state index in [2.05, 4.69) is 20.8 Å². The second kappa shape index (κ2) is 7.61. The summed E-state index contributed by atoms with van der Waals surface area (Å²) < 4.78 is 27.7. The zero-order valence-corrected chi connectivity index (χ0v) is 14.8. The number of hydrogen-bond acceptors (Lipinski definition) is 5. The van der Waals surface area contributed by atoms with E-state index in [0.717, 1.165) is 35.1 Å². The van der Waals surface area contributed by atoms with E-state index in [1.165, 1.54) is 10.7 Å². The Bertz CT molecular complexity index is 929. The number of nitrogens with one attached hydrogen (secondary N) is 1. The Kier molecular flexibility index (Phi) is 5.27. The lowest BCUT2D eigenvalue weighted by atomic mass is 10.2. The molecule has 2 aromatic carbocycles. The largest absolute Gasteiger partial charge is 0.325 e. The number of nitrogens with zero attached hydrogens (tertiary/aromatic N) is 4. The maximum Gasteiger partial charge on any atom is 0.237 e. The van der Waals surface area contributed by atoms with Gasteiger partial charge in [-0.25, -0.2) is 8.78 Å². The normalized spacial score (nSPS) is 12.0. The second-order valence-corrected chi connectivity index (χ2v) is 6.89. The number of halogens is 2. The summed E-state index contributed by atoms with van der Waals surface area (Å²) in [5, 5.41) is 14.0. The van der Waals surface area contributed by atoms with Crippen LogP contribution >= 0.6 is 11.8 Å². The maximum absolute atomic E-state index is 13.2. The quantitative estimate of drug-likeness (QED) is 0.692. The average Bonchev–Trinajstić information content (AvgIpc) is 3.07. The monoisotopic (exact) mass is 375 g/mol. The standard InChI is InChI=1S/C17H15F2N5OS/c1-10-3-6-13(7-4-10)24-17(21-22-23-24)26-11(2)16(25)20-12-5-8-14(18)15(19)9-12/h3-9,11H,1-2H3,(H,20,25)/t11-/m0/s1. The summed E-state index contributed by atoms with van der Waals surface area (Å²) >= 11 is 1.16. The van der Waals surface area contributed by atoms with Gasteiger partial charge < -0.3 is 5.32 Å². The highest BCUT2D eigenvalue weighted by molar-refractivity contribution is 8.00. The minimum atomic E-state index is -1.02. The van der Waals surface area contributed by atoms with Crippen molar-refractivity contribution in [3.63, 3.8) is 0 Å². The lowest BCUT2D eigenvalue weighted by Gasteiger charge is -2.12. The highest BCUT2D eigenvalue weighted by atomic mass is 32.2. The summed E-state index contributed by atoms with van der Waals surface area (Å²) in [6, 6.07) is 10.8. The van der Waals surface area contributed by atoms with E-state index in [1.807, 2.05) is 31.2 Å². The van der Waals surface area contributed by atoms with Gasteiger partial charge in [0.2, 0.25) is 11.1 Å². The number of thioether (sulfide) groups is 1. The molecule has 0 fully saturated rings. The molecule has 3 aromatic rings. The Morgan fingerprint density at radius 1 is 1.15 bits per heavy atom. The average molecular weight is 375 g/mol. The van der Waals surface area contributed by atoms with E-state index in [0.29, 0.717) is 5.16 Å². The zero-order chi connectivity index (χ0) is 18.7. The second-order valence-electron chi connectivity index (χ2n) is 5.59. The molecule has 0 saturated carbocycles. The molecule has 0 aliphatic rings. The molecule has 0 aliphatic carbocycles. The van der Waals surface area contributed by atoms with Crippen molar-refractivity contribution in [2.75, 3.05) is 5.32 Å². The molecule has 9 heteroatoms. The molecular weight excluding hydrogens is 360 g/mol.